The highest BCUT2D eigenvalue weighted by Crippen LogP contribution is 2.55. The predicted octanol–water partition coefficient (Wildman–Crippen LogP) is 5.15. The second-order valence-electron chi connectivity index (χ2n) is 11.7. The summed E-state index contributed by atoms with van der Waals surface area (Å²) >= 11 is 12.2. The zero-order chi connectivity index (χ0) is 28.4. The number of benzene rings is 1. The van der Waals surface area contributed by atoms with Gasteiger partial charge in [-0.1, -0.05) is 68.8 Å². The molecule has 9 heteroatoms. The molecule has 2 heterocycles. The van der Waals surface area contributed by atoms with Crippen LogP contribution in [0, 0.1) is 11.3 Å². The Hall–Kier alpha value is -2.19. The summed E-state index contributed by atoms with van der Waals surface area (Å²) in [6.45, 7) is 11.1. The number of nitrogens with zero attached hydrogens (tertiary/aromatic N) is 2. The lowest BCUT2D eigenvalue weighted by molar-refractivity contribution is -0.133. The smallest absolute Gasteiger partial charge is 0.240 e. The molecule has 1 aromatic carbocycles. The minimum absolute atomic E-state index is 0.0496. The monoisotopic (exact) mass is 564 g/mol. The highest BCUT2D eigenvalue weighted by Gasteiger charge is 2.65. The molecule has 0 aliphatic carbocycles. The van der Waals surface area contributed by atoms with Crippen molar-refractivity contribution in [3.8, 4) is 0 Å². The molecular weight excluding hydrogens is 526 g/mol. The summed E-state index contributed by atoms with van der Waals surface area (Å²) in [4.78, 5) is 31.8. The first kappa shape index (κ1) is 30.4. The third kappa shape index (κ3) is 6.17. The van der Waals surface area contributed by atoms with Crippen molar-refractivity contribution < 1.29 is 14.0 Å². The molecule has 2 aliphatic rings. The molecule has 6 nitrogen and oxygen atoms in total. The van der Waals surface area contributed by atoms with Crippen LogP contribution in [0.3, 0.4) is 0 Å². The van der Waals surface area contributed by atoms with Gasteiger partial charge >= 0.3 is 0 Å². The van der Waals surface area contributed by atoms with Crippen molar-refractivity contribution in [2.75, 3.05) is 46.2 Å². The molecule has 0 aromatic heterocycles. The molecule has 1 fully saturated rings. The second kappa shape index (κ2) is 11.9. The molecular formula is C29H39Cl2FN4O2. The number of carbonyl (C=O) groups is 2. The van der Waals surface area contributed by atoms with Gasteiger partial charge in [0.25, 0.3) is 0 Å². The van der Waals surface area contributed by atoms with E-state index in [4.69, 9.17) is 23.2 Å². The van der Waals surface area contributed by atoms with Crippen molar-refractivity contribution in [2.45, 2.75) is 44.7 Å². The van der Waals surface area contributed by atoms with Gasteiger partial charge in [-0.2, -0.15) is 0 Å². The lowest BCUT2D eigenvalue weighted by Crippen LogP contribution is -2.50. The molecule has 2 N–H and O–H groups in total. The number of allylic oxidation sites excluding steroid dienone is 4. The summed E-state index contributed by atoms with van der Waals surface area (Å²) in [7, 11) is 5.69. The molecule has 38 heavy (non-hydrogen) atoms. The molecule has 1 spiro atoms. The zero-order valence-electron chi connectivity index (χ0n) is 23.1. The molecule has 0 bridgehead atoms. The average molecular weight is 566 g/mol. The normalized spacial score (nSPS) is 25.4. The lowest BCUT2D eigenvalue weighted by Gasteiger charge is -2.38. The molecule has 0 saturated carbocycles. The number of likely N-dealkylation sites (N-methyl/N-ethyl adjacent to an activating group) is 2. The number of nitrogens with one attached hydrogen (secondary N) is 2. The van der Waals surface area contributed by atoms with Crippen LogP contribution in [0.4, 0.5) is 10.1 Å². The Morgan fingerprint density at radius 2 is 1.92 bits per heavy atom. The van der Waals surface area contributed by atoms with E-state index in [2.05, 4.69) is 38.0 Å². The third-order valence-electron chi connectivity index (χ3n) is 7.26. The largest absolute Gasteiger partial charge is 0.343 e. The Morgan fingerprint density at radius 1 is 1.24 bits per heavy atom. The van der Waals surface area contributed by atoms with E-state index < -0.39 is 24.0 Å². The fourth-order valence-corrected chi connectivity index (χ4v) is 5.83. The predicted molar refractivity (Wildman–Crippen MR) is 154 cm³/mol. The summed E-state index contributed by atoms with van der Waals surface area (Å²) in [5.41, 5.74) is 0.751. The summed E-state index contributed by atoms with van der Waals surface area (Å²) in [5, 5.41) is 7.18. The number of fused-ring (bicyclic) bond motifs is 2. The van der Waals surface area contributed by atoms with Crippen molar-refractivity contribution in [3.63, 3.8) is 0 Å². The second-order valence-corrected chi connectivity index (χ2v) is 12.6. The number of hydrogen-bond donors (Lipinski definition) is 2. The van der Waals surface area contributed by atoms with Crippen LogP contribution in [0.1, 0.15) is 32.8 Å². The van der Waals surface area contributed by atoms with Crippen LogP contribution in [0.25, 0.3) is 0 Å². The Balaban J connectivity index is 2.19. The van der Waals surface area contributed by atoms with Crippen LogP contribution >= 0.6 is 23.2 Å². The first-order valence-electron chi connectivity index (χ1n) is 12.8. The van der Waals surface area contributed by atoms with Crippen molar-refractivity contribution >= 4 is 40.7 Å². The van der Waals surface area contributed by atoms with E-state index in [9.17, 15) is 14.0 Å². The van der Waals surface area contributed by atoms with Gasteiger partial charge in [0.05, 0.1) is 6.04 Å². The Labute approximate surface area is 235 Å². The number of alkyl halides is 1. The quantitative estimate of drug-likeness (QED) is 0.407. The van der Waals surface area contributed by atoms with E-state index in [1.807, 2.05) is 25.1 Å². The van der Waals surface area contributed by atoms with Gasteiger partial charge in [-0.25, -0.2) is 4.39 Å². The molecule has 3 rings (SSSR count). The fourth-order valence-electron chi connectivity index (χ4n) is 5.58. The fraction of sp³-hybridized carbons (Fsp3) is 0.517. The van der Waals surface area contributed by atoms with Gasteiger partial charge in [0, 0.05) is 47.8 Å². The van der Waals surface area contributed by atoms with Gasteiger partial charge in [0.1, 0.15) is 12.1 Å². The van der Waals surface area contributed by atoms with Gasteiger partial charge in [0.2, 0.25) is 11.8 Å². The Kier molecular flexibility index (Phi) is 9.51. The number of halogens is 3. The summed E-state index contributed by atoms with van der Waals surface area (Å²) in [6, 6.07) is 4.32. The molecule has 1 aromatic rings. The van der Waals surface area contributed by atoms with Crippen molar-refractivity contribution in [1.82, 2.24) is 15.1 Å². The van der Waals surface area contributed by atoms with E-state index in [1.165, 1.54) is 6.08 Å². The molecule has 208 valence electrons. The molecule has 2 aliphatic heterocycles. The molecule has 0 radical (unpaired) electrons. The lowest BCUT2D eigenvalue weighted by atomic mass is 9.62. The van der Waals surface area contributed by atoms with Crippen LogP contribution in [0.5, 0.6) is 0 Å². The van der Waals surface area contributed by atoms with E-state index in [-0.39, 0.29) is 28.3 Å². The minimum Gasteiger partial charge on any atom is -0.343 e. The summed E-state index contributed by atoms with van der Waals surface area (Å²) in [6.07, 6.45) is 5.42. The number of anilines is 1. The number of rotatable bonds is 9. The Morgan fingerprint density at radius 3 is 2.53 bits per heavy atom. The van der Waals surface area contributed by atoms with Crippen LogP contribution in [-0.4, -0.2) is 74.6 Å². The highest BCUT2D eigenvalue weighted by molar-refractivity contribution is 6.31. The molecule has 0 unspecified atom stereocenters. The van der Waals surface area contributed by atoms with E-state index in [0.717, 1.165) is 5.56 Å². The van der Waals surface area contributed by atoms with Gasteiger partial charge in [-0.15, -0.1) is 0 Å². The van der Waals surface area contributed by atoms with Gasteiger partial charge in [-0.05, 0) is 55.3 Å². The van der Waals surface area contributed by atoms with E-state index in [0.29, 0.717) is 35.8 Å². The molecule has 4 atom stereocenters. The minimum atomic E-state index is -1.11. The maximum absolute atomic E-state index is 14.1. The van der Waals surface area contributed by atoms with Crippen molar-refractivity contribution in [2.24, 2.45) is 11.3 Å². The SMILES string of the molecule is C=C(/C=C\C=C(\Cl)CF)[C@H]1[C@H](C(=O)N(C)CCN(C)C)N[C@H](CC(C)(C)C)[C@]12C(=O)Nc1cc(Cl)ccc12. The van der Waals surface area contributed by atoms with Gasteiger partial charge < -0.3 is 20.4 Å². The maximum atomic E-state index is 14.1. The van der Waals surface area contributed by atoms with Gasteiger partial charge in [0.15, 0.2) is 0 Å². The number of amides is 2. The summed E-state index contributed by atoms with van der Waals surface area (Å²) in [5.74, 6) is -0.922. The van der Waals surface area contributed by atoms with Gasteiger partial charge in [-0.3, -0.25) is 9.59 Å². The van der Waals surface area contributed by atoms with Crippen LogP contribution in [0.15, 0.2) is 53.6 Å². The standard InChI is InChI=1S/C29H39Cl2FN4O2/c1-18(9-8-10-20(31)17-32)24-25(26(37)36(7)14-13-35(5)6)34-23(16-28(2,3)4)29(24)21-12-11-19(30)15-22(21)33-27(29)38/h8-12,15,23-25,34H,1,13-14,16-17H2,2-7H3,(H,33,38)/b9-8-,20-10+/t23-,24+,25-,29+/m1/s1. The topological polar surface area (TPSA) is 64.7 Å². The van der Waals surface area contributed by atoms with Crippen LogP contribution in [0.2, 0.25) is 5.02 Å². The number of carbonyl (C=O) groups excluding carboxylic acids is 2. The van der Waals surface area contributed by atoms with Crippen molar-refractivity contribution in [3.05, 3.63) is 64.2 Å². The summed E-state index contributed by atoms with van der Waals surface area (Å²) < 4.78 is 12.9. The average Bonchev–Trinajstić information content (AvgIpc) is 3.30. The third-order valence-corrected chi connectivity index (χ3v) is 7.72. The highest BCUT2D eigenvalue weighted by atomic mass is 35.5. The molecule has 2 amide bonds. The number of hydrogen-bond acceptors (Lipinski definition) is 4. The first-order chi connectivity index (χ1) is 17.7. The van der Waals surface area contributed by atoms with Crippen LogP contribution < -0.4 is 10.6 Å². The van der Waals surface area contributed by atoms with E-state index >= 15 is 0 Å². The Bertz CT molecular complexity index is 1140. The van der Waals surface area contributed by atoms with Crippen molar-refractivity contribution in [1.29, 1.82) is 0 Å². The van der Waals surface area contributed by atoms with Crippen LogP contribution in [-0.2, 0) is 15.0 Å². The zero-order valence-corrected chi connectivity index (χ0v) is 24.6. The van der Waals surface area contributed by atoms with E-state index in [1.54, 1.807) is 36.2 Å². The first-order valence-corrected chi connectivity index (χ1v) is 13.5. The maximum Gasteiger partial charge on any atom is 0.240 e. The molecule has 1 saturated heterocycles.